The lowest BCUT2D eigenvalue weighted by Gasteiger charge is -2.24. The maximum atomic E-state index is 14.5. The van der Waals surface area contributed by atoms with Crippen molar-refractivity contribution >= 4 is 23.0 Å². The summed E-state index contributed by atoms with van der Waals surface area (Å²) in [5, 5.41) is 1.87. The van der Waals surface area contributed by atoms with Gasteiger partial charge in [-0.3, -0.25) is 9.59 Å². The molecule has 0 bridgehead atoms. The number of hydrogen-bond acceptors (Lipinski definition) is 3. The molecule has 1 amide bonds. The highest BCUT2D eigenvalue weighted by Gasteiger charge is 2.31. The van der Waals surface area contributed by atoms with Gasteiger partial charge in [0.15, 0.2) is 5.78 Å². The molecule has 27 heavy (non-hydrogen) atoms. The van der Waals surface area contributed by atoms with Crippen LogP contribution in [0.15, 0.2) is 60.2 Å². The molecule has 1 atom stereocenters. The molecule has 0 aliphatic carbocycles. The molecule has 3 aromatic rings. The Balaban J connectivity index is 1.51. The third kappa shape index (κ3) is 3.57. The van der Waals surface area contributed by atoms with Crippen molar-refractivity contribution in [3.63, 3.8) is 0 Å². The second-order valence-corrected chi connectivity index (χ2v) is 7.60. The van der Waals surface area contributed by atoms with Crippen LogP contribution >= 0.6 is 11.3 Å². The van der Waals surface area contributed by atoms with Crippen LogP contribution in [0.2, 0.25) is 0 Å². The van der Waals surface area contributed by atoms with Gasteiger partial charge < -0.3 is 9.47 Å². The molecule has 138 valence electrons. The fourth-order valence-electron chi connectivity index (χ4n) is 3.58. The van der Waals surface area contributed by atoms with Crippen molar-refractivity contribution in [3.8, 4) is 5.69 Å². The third-order valence-corrected chi connectivity index (χ3v) is 5.84. The van der Waals surface area contributed by atoms with E-state index >= 15 is 0 Å². The number of aromatic nitrogens is 1. The zero-order valence-corrected chi connectivity index (χ0v) is 15.5. The highest BCUT2D eigenvalue weighted by molar-refractivity contribution is 7.12. The number of hydrogen-bond donors (Lipinski definition) is 0. The zero-order valence-electron chi connectivity index (χ0n) is 14.7. The van der Waals surface area contributed by atoms with Gasteiger partial charge in [-0.1, -0.05) is 6.07 Å². The molecule has 0 spiro atoms. The van der Waals surface area contributed by atoms with E-state index < -0.39 is 5.82 Å². The Morgan fingerprint density at radius 1 is 1.15 bits per heavy atom. The number of likely N-dealkylation sites (tertiary alicyclic amines) is 1. The van der Waals surface area contributed by atoms with E-state index in [9.17, 15) is 14.0 Å². The summed E-state index contributed by atoms with van der Waals surface area (Å²) in [6.07, 6.45) is 5.49. The highest BCUT2D eigenvalue weighted by atomic mass is 32.1. The van der Waals surface area contributed by atoms with Crippen LogP contribution in [-0.2, 0) is 0 Å². The van der Waals surface area contributed by atoms with Gasteiger partial charge in [-0.2, -0.15) is 0 Å². The van der Waals surface area contributed by atoms with Crippen LogP contribution in [0.3, 0.4) is 0 Å². The van der Waals surface area contributed by atoms with E-state index in [-0.39, 0.29) is 17.7 Å². The van der Waals surface area contributed by atoms with Crippen molar-refractivity contribution in [1.29, 1.82) is 0 Å². The van der Waals surface area contributed by atoms with Crippen molar-refractivity contribution in [2.75, 3.05) is 6.54 Å². The fraction of sp³-hybridized carbons (Fsp3) is 0.238. The van der Waals surface area contributed by atoms with Crippen LogP contribution in [0.4, 0.5) is 4.39 Å². The summed E-state index contributed by atoms with van der Waals surface area (Å²) >= 11 is 1.42. The Hall–Kier alpha value is -2.73. The van der Waals surface area contributed by atoms with Crippen molar-refractivity contribution in [3.05, 3.63) is 76.5 Å². The molecule has 4 nitrogen and oxygen atoms in total. The Morgan fingerprint density at radius 2 is 1.96 bits per heavy atom. The first-order valence-corrected chi connectivity index (χ1v) is 9.82. The van der Waals surface area contributed by atoms with Crippen LogP contribution < -0.4 is 0 Å². The molecule has 0 N–H and O–H groups in total. The summed E-state index contributed by atoms with van der Waals surface area (Å²) in [4.78, 5) is 27.8. The van der Waals surface area contributed by atoms with Crippen LogP contribution in [0.5, 0.6) is 0 Å². The Morgan fingerprint density at radius 3 is 2.67 bits per heavy atom. The minimum atomic E-state index is -0.442. The maximum absolute atomic E-state index is 14.5. The molecule has 0 saturated carbocycles. The van der Waals surface area contributed by atoms with Gasteiger partial charge in [0.25, 0.3) is 5.91 Å². The average molecular weight is 382 g/mol. The van der Waals surface area contributed by atoms with E-state index in [1.807, 2.05) is 29.6 Å². The van der Waals surface area contributed by atoms with E-state index in [2.05, 4.69) is 0 Å². The van der Waals surface area contributed by atoms with Crippen LogP contribution in [0.25, 0.3) is 5.69 Å². The summed E-state index contributed by atoms with van der Waals surface area (Å²) in [6, 6.07) is 11.7. The lowest BCUT2D eigenvalue weighted by molar-refractivity contribution is 0.0717. The smallest absolute Gasteiger partial charge is 0.254 e. The zero-order chi connectivity index (χ0) is 18.8. The topological polar surface area (TPSA) is 42.3 Å². The first-order chi connectivity index (χ1) is 13.1. The first-order valence-electron chi connectivity index (χ1n) is 8.94. The normalized spacial score (nSPS) is 16.6. The minimum absolute atomic E-state index is 0.0591. The molecule has 0 unspecified atom stereocenters. The minimum Gasteiger partial charge on any atom is -0.335 e. The van der Waals surface area contributed by atoms with Gasteiger partial charge in [0.2, 0.25) is 0 Å². The number of rotatable bonds is 5. The van der Waals surface area contributed by atoms with Crippen molar-refractivity contribution in [2.24, 2.45) is 0 Å². The number of benzene rings is 1. The molecule has 3 heterocycles. The lowest BCUT2D eigenvalue weighted by atomic mass is 10.1. The SMILES string of the molecule is O=C(C[C@H]1CCCN1C(=O)c1ccc(-n2cccc2)c(F)c1)c1cccs1. The Labute approximate surface area is 160 Å². The van der Waals surface area contributed by atoms with Gasteiger partial charge in [-0.05, 0) is 54.6 Å². The first kappa shape index (κ1) is 17.7. The highest BCUT2D eigenvalue weighted by Crippen LogP contribution is 2.26. The predicted molar refractivity (Wildman–Crippen MR) is 103 cm³/mol. The molecule has 1 aromatic carbocycles. The molecule has 1 aliphatic heterocycles. The summed E-state index contributed by atoms with van der Waals surface area (Å²) in [7, 11) is 0. The van der Waals surface area contributed by atoms with Gasteiger partial charge >= 0.3 is 0 Å². The number of amides is 1. The molecular weight excluding hydrogens is 363 g/mol. The second kappa shape index (κ2) is 7.48. The number of nitrogens with zero attached hydrogens (tertiary/aromatic N) is 2. The number of carbonyl (C=O) groups is 2. The largest absolute Gasteiger partial charge is 0.335 e. The van der Waals surface area contributed by atoms with Crippen LogP contribution in [0.1, 0.15) is 39.3 Å². The second-order valence-electron chi connectivity index (χ2n) is 6.66. The summed E-state index contributed by atoms with van der Waals surface area (Å²) in [5.41, 5.74) is 0.723. The van der Waals surface area contributed by atoms with Gasteiger partial charge in [-0.15, -0.1) is 11.3 Å². The fourth-order valence-corrected chi connectivity index (χ4v) is 4.25. The molecule has 1 saturated heterocycles. The van der Waals surface area contributed by atoms with Crippen molar-refractivity contribution in [2.45, 2.75) is 25.3 Å². The number of Topliss-reactive ketones (excluding diaryl/α,β-unsaturated/α-hetero) is 1. The Kier molecular flexibility index (Phi) is 4.90. The van der Waals surface area contributed by atoms with Crippen molar-refractivity contribution < 1.29 is 14.0 Å². The molecular formula is C21H19FN2O2S. The van der Waals surface area contributed by atoms with Crippen molar-refractivity contribution in [1.82, 2.24) is 9.47 Å². The summed E-state index contributed by atoms with van der Waals surface area (Å²) in [6.45, 7) is 0.599. The predicted octanol–water partition coefficient (Wildman–Crippen LogP) is 4.56. The van der Waals surface area contributed by atoms with Crippen LogP contribution in [-0.4, -0.2) is 33.7 Å². The molecule has 1 fully saturated rings. The molecule has 0 radical (unpaired) electrons. The van der Waals surface area contributed by atoms with Gasteiger partial charge in [-0.25, -0.2) is 4.39 Å². The van der Waals surface area contributed by atoms with E-state index in [1.165, 1.54) is 17.4 Å². The maximum Gasteiger partial charge on any atom is 0.254 e. The van der Waals surface area contributed by atoms with E-state index in [0.29, 0.717) is 24.2 Å². The van der Waals surface area contributed by atoms with E-state index in [1.54, 1.807) is 34.0 Å². The quantitative estimate of drug-likeness (QED) is 0.607. The number of ketones is 1. The summed E-state index contributed by atoms with van der Waals surface area (Å²) < 4.78 is 16.2. The average Bonchev–Trinajstić information content (AvgIpc) is 3.42. The number of thiophene rings is 1. The summed E-state index contributed by atoms with van der Waals surface area (Å²) in [5.74, 6) is -0.597. The standard InChI is InChI=1S/C21H19FN2O2S/c22-17-13-15(7-8-18(17)23-9-1-2-10-23)21(26)24-11-3-5-16(24)14-19(25)20-6-4-12-27-20/h1-2,4,6-10,12-13,16H,3,5,11,14H2/t16-/m1/s1. The van der Waals surface area contributed by atoms with E-state index in [0.717, 1.165) is 17.7 Å². The van der Waals surface area contributed by atoms with Gasteiger partial charge in [0.05, 0.1) is 10.6 Å². The third-order valence-electron chi connectivity index (χ3n) is 4.93. The lowest BCUT2D eigenvalue weighted by Crippen LogP contribution is -2.36. The Bertz CT molecular complexity index is 951. The molecule has 6 heteroatoms. The molecule has 4 rings (SSSR count). The van der Waals surface area contributed by atoms with Crippen LogP contribution in [0, 0.1) is 5.82 Å². The number of halogens is 1. The van der Waals surface area contributed by atoms with Gasteiger partial charge in [0, 0.05) is 37.0 Å². The van der Waals surface area contributed by atoms with Gasteiger partial charge in [0.1, 0.15) is 5.82 Å². The number of carbonyl (C=O) groups excluding carboxylic acids is 2. The monoisotopic (exact) mass is 382 g/mol. The molecule has 1 aliphatic rings. The van der Waals surface area contributed by atoms with E-state index in [4.69, 9.17) is 0 Å². The molecule has 2 aromatic heterocycles.